The Kier molecular flexibility index (Phi) is 3.73. The summed E-state index contributed by atoms with van der Waals surface area (Å²) in [7, 11) is 0. The maximum Gasteiger partial charge on any atom is 0.219 e. The molecule has 0 unspecified atom stereocenters. The number of nitrogens with zero attached hydrogens (tertiary/aromatic N) is 1. The summed E-state index contributed by atoms with van der Waals surface area (Å²) in [6.45, 7) is 2.57. The minimum Gasteiger partial charge on any atom is -0.439 e. The molecule has 3 heteroatoms. The van der Waals surface area contributed by atoms with E-state index in [9.17, 15) is 0 Å². The molecule has 0 atom stereocenters. The highest BCUT2D eigenvalue weighted by Crippen LogP contribution is 2.20. The molecule has 88 valence electrons. The zero-order chi connectivity index (χ0) is 12.1. The van der Waals surface area contributed by atoms with Gasteiger partial charge >= 0.3 is 0 Å². The fourth-order valence-electron chi connectivity index (χ4n) is 1.58. The largest absolute Gasteiger partial charge is 0.439 e. The Morgan fingerprint density at radius 1 is 1.18 bits per heavy atom. The van der Waals surface area contributed by atoms with Crippen molar-refractivity contribution in [3.8, 4) is 11.6 Å². The van der Waals surface area contributed by atoms with E-state index in [1.807, 2.05) is 42.5 Å². The molecule has 2 N–H and O–H groups in total. The highest BCUT2D eigenvalue weighted by molar-refractivity contribution is 5.30. The first-order valence-electron chi connectivity index (χ1n) is 5.74. The summed E-state index contributed by atoms with van der Waals surface area (Å²) in [5, 5.41) is 0. The molecule has 2 rings (SSSR count). The van der Waals surface area contributed by atoms with Crippen molar-refractivity contribution in [2.24, 2.45) is 5.73 Å². The third-order valence-electron chi connectivity index (χ3n) is 2.48. The molecule has 0 fully saturated rings. The first-order chi connectivity index (χ1) is 8.31. The molecule has 0 aliphatic heterocycles. The van der Waals surface area contributed by atoms with Crippen LogP contribution >= 0.6 is 0 Å². The van der Waals surface area contributed by atoms with Crippen molar-refractivity contribution in [3.63, 3.8) is 0 Å². The van der Waals surface area contributed by atoms with Gasteiger partial charge in [-0.25, -0.2) is 4.98 Å². The van der Waals surface area contributed by atoms with Crippen molar-refractivity contribution in [2.45, 2.75) is 19.9 Å². The van der Waals surface area contributed by atoms with E-state index in [4.69, 9.17) is 10.5 Å². The lowest BCUT2D eigenvalue weighted by Crippen LogP contribution is -2.00. The number of hydrogen-bond donors (Lipinski definition) is 1. The number of nitrogens with two attached hydrogens (primary N) is 1. The van der Waals surface area contributed by atoms with Gasteiger partial charge in [-0.2, -0.15) is 0 Å². The van der Waals surface area contributed by atoms with Crippen LogP contribution in [-0.4, -0.2) is 4.98 Å². The van der Waals surface area contributed by atoms with E-state index in [2.05, 4.69) is 11.9 Å². The predicted molar refractivity (Wildman–Crippen MR) is 68.0 cm³/mol. The summed E-state index contributed by atoms with van der Waals surface area (Å²) in [6.07, 6.45) is 0.874. The molecule has 0 aliphatic rings. The normalized spacial score (nSPS) is 10.2. The van der Waals surface area contributed by atoms with Gasteiger partial charge in [0.15, 0.2) is 0 Å². The number of aromatic nitrogens is 1. The zero-order valence-electron chi connectivity index (χ0n) is 9.89. The molecule has 0 aliphatic carbocycles. The van der Waals surface area contributed by atoms with Crippen LogP contribution in [0.3, 0.4) is 0 Å². The second kappa shape index (κ2) is 5.46. The summed E-state index contributed by atoms with van der Waals surface area (Å²) in [5.41, 5.74) is 7.70. The first kappa shape index (κ1) is 11.6. The quantitative estimate of drug-likeness (QED) is 0.875. The third-order valence-corrected chi connectivity index (χ3v) is 2.48. The number of benzene rings is 1. The van der Waals surface area contributed by atoms with Crippen LogP contribution in [0.2, 0.25) is 0 Å². The van der Waals surface area contributed by atoms with Gasteiger partial charge < -0.3 is 10.5 Å². The Morgan fingerprint density at radius 2 is 1.94 bits per heavy atom. The van der Waals surface area contributed by atoms with Crippen molar-refractivity contribution in [1.82, 2.24) is 4.98 Å². The van der Waals surface area contributed by atoms with Crippen LogP contribution in [0.1, 0.15) is 18.2 Å². The lowest BCUT2D eigenvalue weighted by molar-refractivity contribution is 0.460. The first-order valence-corrected chi connectivity index (χ1v) is 5.74. The molecule has 0 amide bonds. The van der Waals surface area contributed by atoms with Gasteiger partial charge in [-0.1, -0.05) is 25.1 Å². The molecule has 3 nitrogen and oxygen atoms in total. The SMILES string of the molecule is CCc1cc(CN)cc(Oc2ccccc2)n1. The topological polar surface area (TPSA) is 48.1 Å². The fraction of sp³-hybridized carbons (Fsp3) is 0.214. The third kappa shape index (κ3) is 3.04. The highest BCUT2D eigenvalue weighted by Gasteiger charge is 2.03. The fourth-order valence-corrected chi connectivity index (χ4v) is 1.58. The van der Waals surface area contributed by atoms with E-state index in [-0.39, 0.29) is 0 Å². The van der Waals surface area contributed by atoms with E-state index in [1.165, 1.54) is 0 Å². The van der Waals surface area contributed by atoms with Gasteiger partial charge in [-0.05, 0) is 30.2 Å². The molecule has 2 aromatic rings. The Bertz CT molecular complexity index is 461. The molecule has 0 radical (unpaired) electrons. The van der Waals surface area contributed by atoms with Crippen molar-refractivity contribution < 1.29 is 4.74 Å². The van der Waals surface area contributed by atoms with E-state index in [0.29, 0.717) is 12.4 Å². The number of aryl methyl sites for hydroxylation is 1. The van der Waals surface area contributed by atoms with Gasteiger partial charge in [0.2, 0.25) is 5.88 Å². The number of pyridine rings is 1. The molecule has 17 heavy (non-hydrogen) atoms. The van der Waals surface area contributed by atoms with E-state index in [1.54, 1.807) is 0 Å². The van der Waals surface area contributed by atoms with Gasteiger partial charge in [-0.15, -0.1) is 0 Å². The maximum atomic E-state index is 5.70. The minimum atomic E-state index is 0.501. The van der Waals surface area contributed by atoms with Crippen molar-refractivity contribution in [1.29, 1.82) is 0 Å². The molecule has 0 bridgehead atoms. The van der Waals surface area contributed by atoms with Crippen LogP contribution in [-0.2, 0) is 13.0 Å². The van der Waals surface area contributed by atoms with Crippen LogP contribution in [0.25, 0.3) is 0 Å². The Hall–Kier alpha value is -1.87. The van der Waals surface area contributed by atoms with E-state index >= 15 is 0 Å². The standard InChI is InChI=1S/C14H16N2O/c1-2-12-8-11(10-15)9-14(16-12)17-13-6-4-3-5-7-13/h3-9H,2,10,15H2,1H3. The van der Waals surface area contributed by atoms with Gasteiger partial charge in [0.25, 0.3) is 0 Å². The number of ether oxygens (including phenoxy) is 1. The Balaban J connectivity index is 2.26. The molecule has 0 saturated carbocycles. The lowest BCUT2D eigenvalue weighted by Gasteiger charge is -2.08. The second-order valence-corrected chi connectivity index (χ2v) is 3.78. The van der Waals surface area contributed by atoms with E-state index in [0.717, 1.165) is 23.4 Å². The lowest BCUT2D eigenvalue weighted by atomic mass is 10.2. The molecule has 0 saturated heterocycles. The summed E-state index contributed by atoms with van der Waals surface area (Å²) in [4.78, 5) is 4.42. The van der Waals surface area contributed by atoms with E-state index < -0.39 is 0 Å². The highest BCUT2D eigenvalue weighted by atomic mass is 16.5. The van der Waals surface area contributed by atoms with Crippen LogP contribution in [0.15, 0.2) is 42.5 Å². The summed E-state index contributed by atoms with van der Waals surface area (Å²) < 4.78 is 5.70. The van der Waals surface area contributed by atoms with Crippen molar-refractivity contribution in [3.05, 3.63) is 53.7 Å². The van der Waals surface area contributed by atoms with Crippen molar-refractivity contribution >= 4 is 0 Å². The maximum absolute atomic E-state index is 5.70. The van der Waals surface area contributed by atoms with Gasteiger partial charge in [0.05, 0.1) is 0 Å². The molecular formula is C14H16N2O. The van der Waals surface area contributed by atoms with Crippen LogP contribution in [0.4, 0.5) is 0 Å². The molecule has 1 heterocycles. The van der Waals surface area contributed by atoms with Gasteiger partial charge in [-0.3, -0.25) is 0 Å². The molecule has 1 aromatic heterocycles. The monoisotopic (exact) mass is 228 g/mol. The van der Waals surface area contributed by atoms with Crippen LogP contribution < -0.4 is 10.5 Å². The summed E-state index contributed by atoms with van der Waals surface area (Å²) in [5.74, 6) is 1.40. The second-order valence-electron chi connectivity index (χ2n) is 3.78. The summed E-state index contributed by atoms with van der Waals surface area (Å²) >= 11 is 0. The molecule has 0 spiro atoms. The minimum absolute atomic E-state index is 0.501. The number of para-hydroxylation sites is 1. The molecular weight excluding hydrogens is 212 g/mol. The molecule has 1 aromatic carbocycles. The van der Waals surface area contributed by atoms with Crippen molar-refractivity contribution in [2.75, 3.05) is 0 Å². The Morgan fingerprint density at radius 3 is 2.59 bits per heavy atom. The average Bonchev–Trinajstić information content (AvgIpc) is 2.39. The van der Waals surface area contributed by atoms with Crippen LogP contribution in [0.5, 0.6) is 11.6 Å². The van der Waals surface area contributed by atoms with Crippen LogP contribution in [0, 0.1) is 0 Å². The van der Waals surface area contributed by atoms with Gasteiger partial charge in [0.1, 0.15) is 5.75 Å². The Labute approximate surface area is 101 Å². The predicted octanol–water partition coefficient (Wildman–Crippen LogP) is 2.90. The smallest absolute Gasteiger partial charge is 0.219 e. The summed E-state index contributed by atoms with van der Waals surface area (Å²) in [6, 6.07) is 13.5. The average molecular weight is 228 g/mol. The number of hydrogen-bond acceptors (Lipinski definition) is 3. The number of rotatable bonds is 4. The zero-order valence-corrected chi connectivity index (χ0v) is 9.89. The van der Waals surface area contributed by atoms with Gasteiger partial charge in [0, 0.05) is 18.3 Å².